The van der Waals surface area contributed by atoms with Crippen LogP contribution in [-0.2, 0) is 4.74 Å². The Bertz CT molecular complexity index is 272. The summed E-state index contributed by atoms with van der Waals surface area (Å²) in [5.74, 6) is 0. The Morgan fingerprint density at radius 2 is 2.27 bits per heavy atom. The Morgan fingerprint density at radius 3 is 2.87 bits per heavy atom. The summed E-state index contributed by atoms with van der Waals surface area (Å²) >= 11 is 1.87. The van der Waals surface area contributed by atoms with Crippen LogP contribution in [0.1, 0.15) is 36.1 Å². The Labute approximate surface area is 96.7 Å². The molecule has 0 aliphatic heterocycles. The lowest BCUT2D eigenvalue weighted by Gasteiger charge is -2.11. The van der Waals surface area contributed by atoms with Gasteiger partial charge in [0.1, 0.15) is 0 Å². The highest BCUT2D eigenvalue weighted by Crippen LogP contribution is 2.21. The molecule has 1 heterocycles. The number of ether oxygens (including phenoxy) is 1. The zero-order chi connectivity index (χ0) is 11.1. The molecule has 0 saturated carbocycles. The van der Waals surface area contributed by atoms with Crippen molar-refractivity contribution in [3.8, 4) is 0 Å². The van der Waals surface area contributed by atoms with Gasteiger partial charge in [-0.3, -0.25) is 0 Å². The number of rotatable bonds is 7. The maximum atomic E-state index is 5.29. The van der Waals surface area contributed by atoms with E-state index in [1.807, 2.05) is 18.3 Å². The highest BCUT2D eigenvalue weighted by molar-refractivity contribution is 7.12. The van der Waals surface area contributed by atoms with Gasteiger partial charge in [0.15, 0.2) is 0 Å². The van der Waals surface area contributed by atoms with E-state index in [2.05, 4.69) is 31.3 Å². The molecule has 1 aromatic heterocycles. The van der Waals surface area contributed by atoms with E-state index in [9.17, 15) is 0 Å². The van der Waals surface area contributed by atoms with Crippen molar-refractivity contribution in [1.82, 2.24) is 5.32 Å². The fourth-order valence-corrected chi connectivity index (χ4v) is 2.33. The molecule has 0 bridgehead atoms. The summed E-state index contributed by atoms with van der Waals surface area (Å²) in [4.78, 5) is 2.80. The van der Waals surface area contributed by atoms with E-state index in [4.69, 9.17) is 4.74 Å². The maximum absolute atomic E-state index is 5.29. The van der Waals surface area contributed by atoms with E-state index >= 15 is 0 Å². The van der Waals surface area contributed by atoms with Crippen molar-refractivity contribution < 1.29 is 4.74 Å². The monoisotopic (exact) mass is 227 g/mol. The highest BCUT2D eigenvalue weighted by Gasteiger charge is 2.05. The largest absolute Gasteiger partial charge is 0.382 e. The summed E-state index contributed by atoms with van der Waals surface area (Å²) in [5, 5.41) is 3.50. The standard InChI is InChI=1S/C12H21NOS/c1-4-14-9-5-8-13-11(3)12-7-6-10(2)15-12/h6-7,11,13H,4-5,8-9H2,1-3H3/t11-/m1/s1. The van der Waals surface area contributed by atoms with Crippen LogP contribution in [0.25, 0.3) is 0 Å². The van der Waals surface area contributed by atoms with Gasteiger partial charge in [0.25, 0.3) is 0 Å². The molecule has 0 aromatic carbocycles. The van der Waals surface area contributed by atoms with Crippen molar-refractivity contribution in [1.29, 1.82) is 0 Å². The van der Waals surface area contributed by atoms with E-state index < -0.39 is 0 Å². The van der Waals surface area contributed by atoms with Crippen LogP contribution >= 0.6 is 11.3 Å². The number of nitrogens with one attached hydrogen (secondary N) is 1. The molecule has 0 radical (unpaired) electrons. The van der Waals surface area contributed by atoms with Gasteiger partial charge in [-0.1, -0.05) is 0 Å². The fourth-order valence-electron chi connectivity index (χ4n) is 1.42. The second kappa shape index (κ2) is 6.99. The number of hydrogen-bond donors (Lipinski definition) is 1. The van der Waals surface area contributed by atoms with Gasteiger partial charge in [-0.2, -0.15) is 0 Å². The molecule has 2 nitrogen and oxygen atoms in total. The van der Waals surface area contributed by atoms with Crippen molar-refractivity contribution in [2.45, 2.75) is 33.2 Å². The van der Waals surface area contributed by atoms with Gasteiger partial charge in [-0.15, -0.1) is 11.3 Å². The molecule has 1 N–H and O–H groups in total. The van der Waals surface area contributed by atoms with Gasteiger partial charge in [-0.25, -0.2) is 0 Å². The van der Waals surface area contributed by atoms with Gasteiger partial charge in [0, 0.05) is 29.0 Å². The molecular weight excluding hydrogens is 206 g/mol. The van der Waals surface area contributed by atoms with E-state index in [1.54, 1.807) is 0 Å². The lowest BCUT2D eigenvalue weighted by atomic mass is 10.2. The van der Waals surface area contributed by atoms with Crippen LogP contribution in [-0.4, -0.2) is 19.8 Å². The van der Waals surface area contributed by atoms with E-state index in [0.29, 0.717) is 6.04 Å². The Morgan fingerprint density at radius 1 is 1.47 bits per heavy atom. The summed E-state index contributed by atoms with van der Waals surface area (Å²) < 4.78 is 5.29. The lowest BCUT2D eigenvalue weighted by molar-refractivity contribution is 0.144. The zero-order valence-corrected chi connectivity index (χ0v) is 10.7. The molecule has 1 atom stereocenters. The Hall–Kier alpha value is -0.380. The first-order valence-corrected chi connectivity index (χ1v) is 6.43. The van der Waals surface area contributed by atoms with Crippen LogP contribution in [0.15, 0.2) is 12.1 Å². The van der Waals surface area contributed by atoms with Crippen LogP contribution in [0.2, 0.25) is 0 Å². The normalized spacial score (nSPS) is 13.0. The van der Waals surface area contributed by atoms with Crippen molar-refractivity contribution >= 4 is 11.3 Å². The molecular formula is C12H21NOS. The topological polar surface area (TPSA) is 21.3 Å². The minimum absolute atomic E-state index is 0.463. The smallest absolute Gasteiger partial charge is 0.0477 e. The molecule has 86 valence electrons. The third-order valence-electron chi connectivity index (χ3n) is 2.31. The SMILES string of the molecule is CCOCCCN[C@H](C)c1ccc(C)s1. The number of thiophene rings is 1. The van der Waals surface area contributed by atoms with Crippen LogP contribution in [0.5, 0.6) is 0 Å². The third-order valence-corrected chi connectivity index (χ3v) is 3.49. The fraction of sp³-hybridized carbons (Fsp3) is 0.667. The summed E-state index contributed by atoms with van der Waals surface area (Å²) in [5.41, 5.74) is 0. The zero-order valence-electron chi connectivity index (χ0n) is 9.88. The molecule has 0 unspecified atom stereocenters. The molecule has 0 aliphatic rings. The van der Waals surface area contributed by atoms with Crippen LogP contribution in [0.3, 0.4) is 0 Å². The second-order valence-electron chi connectivity index (χ2n) is 3.67. The van der Waals surface area contributed by atoms with E-state index in [-0.39, 0.29) is 0 Å². The lowest BCUT2D eigenvalue weighted by Crippen LogP contribution is -2.20. The Kier molecular flexibility index (Phi) is 5.91. The molecule has 1 aromatic rings. The molecule has 3 heteroatoms. The van der Waals surface area contributed by atoms with Gasteiger partial charge in [-0.05, 0) is 45.9 Å². The minimum atomic E-state index is 0.463. The molecule has 1 rings (SSSR count). The van der Waals surface area contributed by atoms with E-state index in [1.165, 1.54) is 9.75 Å². The highest BCUT2D eigenvalue weighted by atomic mass is 32.1. The first-order valence-electron chi connectivity index (χ1n) is 5.61. The molecule has 0 spiro atoms. The van der Waals surface area contributed by atoms with E-state index in [0.717, 1.165) is 26.2 Å². The molecule has 0 amide bonds. The predicted molar refractivity (Wildman–Crippen MR) is 66.6 cm³/mol. The summed E-state index contributed by atoms with van der Waals surface area (Å²) in [7, 11) is 0. The molecule has 0 saturated heterocycles. The number of hydrogen-bond acceptors (Lipinski definition) is 3. The van der Waals surface area contributed by atoms with Crippen LogP contribution < -0.4 is 5.32 Å². The molecule has 0 fully saturated rings. The molecule has 0 aliphatic carbocycles. The van der Waals surface area contributed by atoms with Crippen molar-refractivity contribution in [2.24, 2.45) is 0 Å². The average molecular weight is 227 g/mol. The third kappa shape index (κ3) is 4.78. The van der Waals surface area contributed by atoms with Gasteiger partial charge < -0.3 is 10.1 Å². The van der Waals surface area contributed by atoms with Gasteiger partial charge in [0.05, 0.1) is 0 Å². The first kappa shape index (κ1) is 12.7. The average Bonchev–Trinajstić information content (AvgIpc) is 2.64. The summed E-state index contributed by atoms with van der Waals surface area (Å²) in [6, 6.07) is 4.85. The number of aryl methyl sites for hydroxylation is 1. The van der Waals surface area contributed by atoms with Crippen molar-refractivity contribution in [3.05, 3.63) is 21.9 Å². The molecule has 15 heavy (non-hydrogen) atoms. The van der Waals surface area contributed by atoms with Crippen molar-refractivity contribution in [2.75, 3.05) is 19.8 Å². The van der Waals surface area contributed by atoms with Gasteiger partial charge >= 0.3 is 0 Å². The van der Waals surface area contributed by atoms with Crippen LogP contribution in [0.4, 0.5) is 0 Å². The van der Waals surface area contributed by atoms with Crippen LogP contribution in [0, 0.1) is 6.92 Å². The summed E-state index contributed by atoms with van der Waals surface area (Å²) in [6.07, 6.45) is 1.09. The Balaban J connectivity index is 2.16. The quantitative estimate of drug-likeness (QED) is 0.723. The summed E-state index contributed by atoms with van der Waals surface area (Å²) in [6.45, 7) is 9.10. The second-order valence-corrected chi connectivity index (χ2v) is 4.99. The first-order chi connectivity index (χ1) is 7.24. The minimum Gasteiger partial charge on any atom is -0.382 e. The van der Waals surface area contributed by atoms with Gasteiger partial charge in [0.2, 0.25) is 0 Å². The predicted octanol–water partition coefficient (Wildman–Crippen LogP) is 3.13. The maximum Gasteiger partial charge on any atom is 0.0477 e. The van der Waals surface area contributed by atoms with Crippen molar-refractivity contribution in [3.63, 3.8) is 0 Å².